The van der Waals surface area contributed by atoms with Crippen LogP contribution in [0.3, 0.4) is 0 Å². The molecular formula is C15H17N5O2. The quantitative estimate of drug-likeness (QED) is 0.579. The first-order chi connectivity index (χ1) is 10.6. The summed E-state index contributed by atoms with van der Waals surface area (Å²) in [6, 6.07) is 5.23. The summed E-state index contributed by atoms with van der Waals surface area (Å²) in [5.41, 5.74) is 3.21. The fraction of sp³-hybridized carbons (Fsp3) is 0.200. The molecule has 0 atom stereocenters. The lowest BCUT2D eigenvalue weighted by atomic mass is 10.1. The molecule has 0 bridgehead atoms. The number of hydrogen-bond acceptors (Lipinski definition) is 7. The van der Waals surface area contributed by atoms with Crippen molar-refractivity contribution in [2.75, 3.05) is 24.8 Å². The molecule has 0 saturated carbocycles. The van der Waals surface area contributed by atoms with Gasteiger partial charge < -0.3 is 20.8 Å². The maximum Gasteiger partial charge on any atom is 0.337 e. The molecule has 7 nitrogen and oxygen atoms in total. The van der Waals surface area contributed by atoms with Gasteiger partial charge in [-0.05, 0) is 24.6 Å². The second-order valence-electron chi connectivity index (χ2n) is 4.52. The maximum atomic E-state index is 11.6. The summed E-state index contributed by atoms with van der Waals surface area (Å²) >= 11 is 0. The van der Waals surface area contributed by atoms with Crippen LogP contribution in [0.15, 0.2) is 24.5 Å². The molecule has 0 amide bonds. The number of nitrogens with zero attached hydrogens (tertiary/aromatic N) is 2. The zero-order valence-electron chi connectivity index (χ0n) is 12.6. The predicted octanol–water partition coefficient (Wildman–Crippen LogP) is 2.35. The first-order valence-electron chi connectivity index (χ1n) is 6.60. The molecule has 3 N–H and O–H groups in total. The SMILES string of the molecule is CNc1c(C=N)ncnc1Nc1cc(C(=O)OC)ccc1C. The van der Waals surface area contributed by atoms with Gasteiger partial charge in [-0.25, -0.2) is 14.8 Å². The molecule has 0 aliphatic carbocycles. The summed E-state index contributed by atoms with van der Waals surface area (Å²) in [5.74, 6) is 0.126. The molecule has 22 heavy (non-hydrogen) atoms. The summed E-state index contributed by atoms with van der Waals surface area (Å²) in [5, 5.41) is 13.5. The molecule has 1 aromatic heterocycles. The molecule has 0 fully saturated rings. The highest BCUT2D eigenvalue weighted by Crippen LogP contribution is 2.27. The van der Waals surface area contributed by atoms with Crippen molar-refractivity contribution in [1.82, 2.24) is 9.97 Å². The summed E-state index contributed by atoms with van der Waals surface area (Å²) < 4.78 is 4.73. The topological polar surface area (TPSA) is 100.0 Å². The maximum absolute atomic E-state index is 11.6. The molecule has 2 aromatic rings. The number of methoxy groups -OCH3 is 1. The Hall–Kier alpha value is -2.96. The molecule has 1 heterocycles. The largest absolute Gasteiger partial charge is 0.465 e. The minimum Gasteiger partial charge on any atom is -0.465 e. The van der Waals surface area contributed by atoms with Crippen LogP contribution in [-0.2, 0) is 4.74 Å². The number of benzene rings is 1. The number of esters is 1. The van der Waals surface area contributed by atoms with Crippen LogP contribution in [0.25, 0.3) is 0 Å². The smallest absolute Gasteiger partial charge is 0.337 e. The number of carbonyl (C=O) groups excluding carboxylic acids is 1. The van der Waals surface area contributed by atoms with Crippen molar-refractivity contribution in [1.29, 1.82) is 5.41 Å². The van der Waals surface area contributed by atoms with E-state index in [0.29, 0.717) is 22.8 Å². The van der Waals surface area contributed by atoms with Crippen molar-refractivity contribution >= 4 is 29.4 Å². The number of rotatable bonds is 5. The van der Waals surface area contributed by atoms with Crippen LogP contribution in [0.2, 0.25) is 0 Å². The summed E-state index contributed by atoms with van der Waals surface area (Å²) in [6.45, 7) is 1.92. The van der Waals surface area contributed by atoms with Gasteiger partial charge in [0.2, 0.25) is 0 Å². The first-order valence-corrected chi connectivity index (χ1v) is 6.60. The van der Waals surface area contributed by atoms with E-state index in [1.807, 2.05) is 13.0 Å². The number of aromatic nitrogens is 2. The number of carbonyl (C=O) groups is 1. The van der Waals surface area contributed by atoms with Gasteiger partial charge in [-0.1, -0.05) is 6.07 Å². The number of anilines is 3. The van der Waals surface area contributed by atoms with E-state index >= 15 is 0 Å². The van der Waals surface area contributed by atoms with E-state index in [4.69, 9.17) is 10.1 Å². The van der Waals surface area contributed by atoms with Gasteiger partial charge in [0, 0.05) is 18.9 Å². The lowest BCUT2D eigenvalue weighted by Gasteiger charge is -2.14. The molecule has 0 aliphatic rings. The van der Waals surface area contributed by atoms with E-state index in [1.54, 1.807) is 19.2 Å². The second-order valence-corrected chi connectivity index (χ2v) is 4.52. The third kappa shape index (κ3) is 3.03. The van der Waals surface area contributed by atoms with E-state index in [0.717, 1.165) is 17.5 Å². The standard InChI is InChI=1S/C15H17N5O2/c1-9-4-5-10(15(21)22-3)6-11(9)20-14-13(17-2)12(7-16)18-8-19-14/h4-8,16-17H,1-3H3,(H,18,19,20). The molecule has 1 aromatic carbocycles. The Morgan fingerprint density at radius 3 is 2.77 bits per heavy atom. The fourth-order valence-corrected chi connectivity index (χ4v) is 1.98. The normalized spacial score (nSPS) is 9.95. The van der Waals surface area contributed by atoms with Gasteiger partial charge in [0.1, 0.15) is 17.7 Å². The van der Waals surface area contributed by atoms with Gasteiger partial charge in [-0.2, -0.15) is 0 Å². The highest BCUT2D eigenvalue weighted by atomic mass is 16.5. The van der Waals surface area contributed by atoms with Crippen LogP contribution in [-0.4, -0.2) is 36.3 Å². The predicted molar refractivity (Wildman–Crippen MR) is 85.3 cm³/mol. The van der Waals surface area contributed by atoms with Crippen molar-refractivity contribution in [3.63, 3.8) is 0 Å². The number of hydrogen-bond donors (Lipinski definition) is 3. The van der Waals surface area contributed by atoms with Crippen molar-refractivity contribution in [3.8, 4) is 0 Å². The third-order valence-corrected chi connectivity index (χ3v) is 3.18. The minimum atomic E-state index is -0.403. The van der Waals surface area contributed by atoms with E-state index in [1.165, 1.54) is 13.4 Å². The van der Waals surface area contributed by atoms with Crippen molar-refractivity contribution < 1.29 is 9.53 Å². The van der Waals surface area contributed by atoms with Crippen molar-refractivity contribution in [3.05, 3.63) is 41.3 Å². The Labute approximate surface area is 128 Å². The Bertz CT molecular complexity index is 715. The summed E-state index contributed by atoms with van der Waals surface area (Å²) in [7, 11) is 3.07. The van der Waals surface area contributed by atoms with Crippen LogP contribution in [0.5, 0.6) is 0 Å². The van der Waals surface area contributed by atoms with Gasteiger partial charge in [0.05, 0.1) is 12.7 Å². The first kappa shape index (κ1) is 15.4. The zero-order chi connectivity index (χ0) is 16.1. The Balaban J connectivity index is 2.43. The second kappa shape index (κ2) is 6.66. The summed E-state index contributed by atoms with van der Waals surface area (Å²) in [6.07, 6.45) is 2.53. The molecule has 0 spiro atoms. The van der Waals surface area contributed by atoms with E-state index < -0.39 is 5.97 Å². The van der Waals surface area contributed by atoms with Crippen LogP contribution in [0, 0.1) is 12.3 Å². The lowest BCUT2D eigenvalue weighted by molar-refractivity contribution is 0.0601. The molecule has 0 unspecified atom stereocenters. The molecule has 0 radical (unpaired) electrons. The van der Waals surface area contributed by atoms with Crippen LogP contribution in [0.1, 0.15) is 21.6 Å². The average Bonchev–Trinajstić information content (AvgIpc) is 2.55. The number of nitrogens with one attached hydrogen (secondary N) is 3. The van der Waals surface area contributed by atoms with E-state index in [-0.39, 0.29) is 0 Å². The van der Waals surface area contributed by atoms with Gasteiger partial charge in [0.15, 0.2) is 5.82 Å². The monoisotopic (exact) mass is 299 g/mol. The fourth-order valence-electron chi connectivity index (χ4n) is 1.98. The lowest BCUT2D eigenvalue weighted by Crippen LogP contribution is -2.07. The van der Waals surface area contributed by atoms with Crippen LogP contribution in [0.4, 0.5) is 17.2 Å². The third-order valence-electron chi connectivity index (χ3n) is 3.18. The van der Waals surface area contributed by atoms with E-state index in [9.17, 15) is 4.79 Å². The Morgan fingerprint density at radius 2 is 2.14 bits per heavy atom. The van der Waals surface area contributed by atoms with Gasteiger partial charge in [-0.15, -0.1) is 0 Å². The number of aryl methyl sites for hydroxylation is 1. The van der Waals surface area contributed by atoms with Gasteiger partial charge in [-0.3, -0.25) is 0 Å². The molecular weight excluding hydrogens is 282 g/mol. The van der Waals surface area contributed by atoms with Gasteiger partial charge >= 0.3 is 5.97 Å². The molecule has 0 aliphatic heterocycles. The highest BCUT2D eigenvalue weighted by molar-refractivity contribution is 5.92. The molecule has 2 rings (SSSR count). The van der Waals surface area contributed by atoms with Crippen LogP contribution < -0.4 is 10.6 Å². The highest BCUT2D eigenvalue weighted by Gasteiger charge is 2.12. The van der Waals surface area contributed by atoms with E-state index in [2.05, 4.69) is 20.6 Å². The Kier molecular flexibility index (Phi) is 4.67. The minimum absolute atomic E-state index is 0.403. The molecule has 0 saturated heterocycles. The van der Waals surface area contributed by atoms with Crippen molar-refractivity contribution in [2.24, 2.45) is 0 Å². The van der Waals surface area contributed by atoms with Crippen molar-refractivity contribution in [2.45, 2.75) is 6.92 Å². The Morgan fingerprint density at radius 1 is 1.36 bits per heavy atom. The molecule has 114 valence electrons. The van der Waals surface area contributed by atoms with Gasteiger partial charge in [0.25, 0.3) is 0 Å². The number of ether oxygens (including phenoxy) is 1. The summed E-state index contributed by atoms with van der Waals surface area (Å²) in [4.78, 5) is 19.8. The zero-order valence-corrected chi connectivity index (χ0v) is 12.6. The molecule has 7 heteroatoms. The van der Waals surface area contributed by atoms with Crippen LogP contribution >= 0.6 is 0 Å². The average molecular weight is 299 g/mol.